The Morgan fingerprint density at radius 2 is 2.08 bits per heavy atom. The van der Waals surface area contributed by atoms with Gasteiger partial charge in [0.05, 0.1) is 6.26 Å². The molecule has 0 aliphatic heterocycles. The number of rotatable bonds is 1. The molecule has 0 aliphatic rings. The van der Waals surface area contributed by atoms with Gasteiger partial charge in [-0.3, -0.25) is 0 Å². The van der Waals surface area contributed by atoms with Crippen LogP contribution in [0, 0.1) is 6.92 Å². The second-order valence-corrected chi connectivity index (χ2v) is 3.85. The van der Waals surface area contributed by atoms with Crippen LogP contribution in [-0.4, -0.2) is 0 Å². The van der Waals surface area contributed by atoms with Crippen LogP contribution in [0.15, 0.2) is 45.5 Å². The van der Waals surface area contributed by atoms with Crippen molar-refractivity contribution in [3.63, 3.8) is 0 Å². The number of furan rings is 1. The summed E-state index contributed by atoms with van der Waals surface area (Å²) in [6, 6.07) is 10.0. The Balaban J connectivity index is 2.57. The van der Waals surface area contributed by atoms with Crippen molar-refractivity contribution in [1.82, 2.24) is 0 Å². The fourth-order valence-corrected chi connectivity index (χ4v) is 1.65. The Morgan fingerprint density at radius 1 is 1.23 bits per heavy atom. The van der Waals surface area contributed by atoms with E-state index < -0.39 is 0 Å². The Morgan fingerprint density at radius 3 is 2.77 bits per heavy atom. The van der Waals surface area contributed by atoms with E-state index in [1.54, 1.807) is 6.26 Å². The average Bonchev–Trinajstić information content (AvgIpc) is 2.61. The van der Waals surface area contributed by atoms with Crippen molar-refractivity contribution in [2.75, 3.05) is 0 Å². The number of hydrogen-bond donors (Lipinski definition) is 0. The molecule has 1 nitrogen and oxygen atoms in total. The van der Waals surface area contributed by atoms with Crippen molar-refractivity contribution in [3.8, 4) is 11.3 Å². The van der Waals surface area contributed by atoms with Crippen molar-refractivity contribution >= 4 is 15.9 Å². The monoisotopic (exact) mass is 236 g/mol. The number of benzene rings is 1. The van der Waals surface area contributed by atoms with Gasteiger partial charge in [0.15, 0.2) is 0 Å². The molecule has 0 bridgehead atoms. The lowest BCUT2D eigenvalue weighted by Crippen LogP contribution is -1.80. The van der Waals surface area contributed by atoms with Gasteiger partial charge in [0.2, 0.25) is 0 Å². The maximum absolute atomic E-state index is 5.33. The lowest BCUT2D eigenvalue weighted by atomic mass is 10.1. The van der Waals surface area contributed by atoms with E-state index in [0.29, 0.717) is 0 Å². The number of halogens is 1. The van der Waals surface area contributed by atoms with Crippen LogP contribution < -0.4 is 0 Å². The molecule has 0 N–H and O–H groups in total. The van der Waals surface area contributed by atoms with Gasteiger partial charge in [-0.2, -0.15) is 0 Å². The minimum absolute atomic E-state index is 0.916. The zero-order chi connectivity index (χ0) is 9.26. The fourth-order valence-electron chi connectivity index (χ4n) is 1.29. The molecule has 0 fully saturated rings. The Bertz CT molecular complexity index is 404. The van der Waals surface area contributed by atoms with E-state index in [1.807, 2.05) is 18.2 Å². The summed E-state index contributed by atoms with van der Waals surface area (Å²) in [5.74, 6) is 0.916. The zero-order valence-corrected chi connectivity index (χ0v) is 8.84. The predicted molar refractivity (Wildman–Crippen MR) is 56.6 cm³/mol. The van der Waals surface area contributed by atoms with Crippen LogP contribution in [0.1, 0.15) is 5.56 Å². The van der Waals surface area contributed by atoms with Crippen molar-refractivity contribution in [3.05, 3.63) is 46.6 Å². The molecule has 2 heteroatoms. The molecule has 0 radical (unpaired) electrons. The van der Waals surface area contributed by atoms with Gasteiger partial charge >= 0.3 is 0 Å². The maximum Gasteiger partial charge on any atom is 0.134 e. The molecule has 1 aromatic carbocycles. The lowest BCUT2D eigenvalue weighted by molar-refractivity contribution is 0.582. The van der Waals surface area contributed by atoms with Crippen molar-refractivity contribution in [1.29, 1.82) is 0 Å². The molecule has 2 aromatic rings. The molecule has 0 aliphatic carbocycles. The minimum Gasteiger partial charge on any atom is -0.464 e. The molecule has 0 unspecified atom stereocenters. The van der Waals surface area contributed by atoms with E-state index in [1.165, 1.54) is 5.56 Å². The van der Waals surface area contributed by atoms with Gasteiger partial charge in [-0.05, 0) is 36.8 Å². The highest BCUT2D eigenvalue weighted by molar-refractivity contribution is 9.10. The van der Waals surface area contributed by atoms with Crippen molar-refractivity contribution in [2.45, 2.75) is 6.92 Å². The van der Waals surface area contributed by atoms with E-state index in [9.17, 15) is 0 Å². The SMILES string of the molecule is Cc1ccc(Br)cc1-c1ccco1. The summed E-state index contributed by atoms with van der Waals surface area (Å²) in [7, 11) is 0. The fraction of sp³-hybridized carbons (Fsp3) is 0.0909. The van der Waals surface area contributed by atoms with Crippen LogP contribution in [0.4, 0.5) is 0 Å². The van der Waals surface area contributed by atoms with E-state index >= 15 is 0 Å². The van der Waals surface area contributed by atoms with Gasteiger partial charge < -0.3 is 4.42 Å². The summed E-state index contributed by atoms with van der Waals surface area (Å²) in [5.41, 5.74) is 2.36. The van der Waals surface area contributed by atoms with E-state index in [4.69, 9.17) is 4.42 Å². The van der Waals surface area contributed by atoms with Crippen LogP contribution in [-0.2, 0) is 0 Å². The van der Waals surface area contributed by atoms with E-state index in [0.717, 1.165) is 15.8 Å². The molecule has 0 saturated heterocycles. The third kappa shape index (κ3) is 1.68. The summed E-state index contributed by atoms with van der Waals surface area (Å²) in [5, 5.41) is 0. The summed E-state index contributed by atoms with van der Waals surface area (Å²) >= 11 is 3.44. The van der Waals surface area contributed by atoms with Gasteiger partial charge in [0.25, 0.3) is 0 Å². The summed E-state index contributed by atoms with van der Waals surface area (Å²) in [6.07, 6.45) is 1.69. The van der Waals surface area contributed by atoms with Crippen LogP contribution in [0.2, 0.25) is 0 Å². The molecule has 66 valence electrons. The van der Waals surface area contributed by atoms with Crippen LogP contribution in [0.25, 0.3) is 11.3 Å². The summed E-state index contributed by atoms with van der Waals surface area (Å²) < 4.78 is 6.41. The molecular weight excluding hydrogens is 228 g/mol. The molecular formula is C11H9BrO. The van der Waals surface area contributed by atoms with E-state index in [2.05, 4.69) is 35.0 Å². The molecule has 1 heterocycles. The Hall–Kier alpha value is -1.02. The third-order valence-electron chi connectivity index (χ3n) is 1.99. The number of aryl methyl sites for hydroxylation is 1. The molecule has 13 heavy (non-hydrogen) atoms. The highest BCUT2D eigenvalue weighted by Crippen LogP contribution is 2.26. The van der Waals surface area contributed by atoms with Crippen LogP contribution >= 0.6 is 15.9 Å². The second kappa shape index (κ2) is 3.38. The first-order chi connectivity index (χ1) is 6.27. The molecule has 2 rings (SSSR count). The maximum atomic E-state index is 5.33. The summed E-state index contributed by atoms with van der Waals surface area (Å²) in [6.45, 7) is 2.07. The predicted octanol–water partition coefficient (Wildman–Crippen LogP) is 4.02. The van der Waals surface area contributed by atoms with Gasteiger partial charge in [-0.1, -0.05) is 22.0 Å². The Kier molecular flexibility index (Phi) is 2.23. The smallest absolute Gasteiger partial charge is 0.134 e. The quantitative estimate of drug-likeness (QED) is 0.730. The number of hydrogen-bond acceptors (Lipinski definition) is 1. The van der Waals surface area contributed by atoms with Gasteiger partial charge in [-0.25, -0.2) is 0 Å². The molecule has 0 saturated carbocycles. The normalized spacial score (nSPS) is 10.3. The second-order valence-electron chi connectivity index (χ2n) is 2.94. The van der Waals surface area contributed by atoms with Crippen molar-refractivity contribution < 1.29 is 4.42 Å². The average molecular weight is 237 g/mol. The molecule has 1 aromatic heterocycles. The van der Waals surface area contributed by atoms with Gasteiger partial charge in [-0.15, -0.1) is 0 Å². The molecule has 0 spiro atoms. The highest BCUT2D eigenvalue weighted by atomic mass is 79.9. The first kappa shape index (κ1) is 8.57. The molecule has 0 atom stereocenters. The summed E-state index contributed by atoms with van der Waals surface area (Å²) in [4.78, 5) is 0. The lowest BCUT2D eigenvalue weighted by Gasteiger charge is -2.02. The van der Waals surface area contributed by atoms with E-state index in [-0.39, 0.29) is 0 Å². The highest BCUT2D eigenvalue weighted by Gasteiger charge is 2.04. The third-order valence-corrected chi connectivity index (χ3v) is 2.48. The minimum atomic E-state index is 0.916. The first-order valence-electron chi connectivity index (χ1n) is 4.07. The van der Waals surface area contributed by atoms with Crippen LogP contribution in [0.5, 0.6) is 0 Å². The standard InChI is InChI=1S/C11H9BrO/c1-8-4-5-9(12)7-10(8)11-3-2-6-13-11/h2-7H,1H3. The Labute approximate surface area is 85.5 Å². The zero-order valence-electron chi connectivity index (χ0n) is 7.25. The first-order valence-corrected chi connectivity index (χ1v) is 4.87. The molecule has 0 amide bonds. The van der Waals surface area contributed by atoms with Crippen molar-refractivity contribution in [2.24, 2.45) is 0 Å². The largest absolute Gasteiger partial charge is 0.464 e. The van der Waals surface area contributed by atoms with Crippen LogP contribution in [0.3, 0.4) is 0 Å². The van der Waals surface area contributed by atoms with Gasteiger partial charge in [0, 0.05) is 10.0 Å². The van der Waals surface area contributed by atoms with Gasteiger partial charge in [0.1, 0.15) is 5.76 Å². The topological polar surface area (TPSA) is 13.1 Å².